The molecular weight excluding hydrogens is 330 g/mol. The Bertz CT molecular complexity index is 534. The first-order chi connectivity index (χ1) is 12.8. The average molecular weight is 364 g/mol. The first kappa shape index (κ1) is 20.7. The molecular formula is C20H33N3O3. The summed E-state index contributed by atoms with van der Waals surface area (Å²) in [5.74, 6) is 1.55. The van der Waals surface area contributed by atoms with Crippen molar-refractivity contribution in [1.29, 1.82) is 0 Å². The molecule has 1 unspecified atom stereocenters. The molecule has 1 aromatic rings. The monoisotopic (exact) mass is 363 g/mol. The zero-order valence-corrected chi connectivity index (χ0v) is 16.4. The smallest absolute Gasteiger partial charge is 0.194 e. The number of nitrogens with zero attached hydrogens (tertiary/aromatic N) is 2. The second kappa shape index (κ2) is 11.9. The lowest BCUT2D eigenvalue weighted by Gasteiger charge is -2.21. The maximum atomic E-state index is 5.68. The van der Waals surface area contributed by atoms with E-state index in [0.717, 1.165) is 38.6 Å². The zero-order valence-electron chi connectivity index (χ0n) is 16.4. The quantitative estimate of drug-likeness (QED) is 0.393. The maximum Gasteiger partial charge on any atom is 0.194 e. The van der Waals surface area contributed by atoms with Crippen LogP contribution >= 0.6 is 0 Å². The van der Waals surface area contributed by atoms with Crippen LogP contribution in [0.3, 0.4) is 0 Å². The highest BCUT2D eigenvalue weighted by molar-refractivity contribution is 5.80. The van der Waals surface area contributed by atoms with Gasteiger partial charge in [0.25, 0.3) is 0 Å². The molecule has 6 heteroatoms. The minimum Gasteiger partial charge on any atom is -0.382 e. The van der Waals surface area contributed by atoms with Crippen LogP contribution in [0.5, 0.6) is 0 Å². The van der Waals surface area contributed by atoms with E-state index in [0.29, 0.717) is 32.3 Å². The molecule has 0 spiro atoms. The number of benzene rings is 1. The SMILES string of the molecule is CCNC(=NCc1ccc(COC)cc1)N1CCC(COCCOC)C1. The summed E-state index contributed by atoms with van der Waals surface area (Å²) >= 11 is 0. The molecule has 1 saturated heterocycles. The number of guanidine groups is 1. The van der Waals surface area contributed by atoms with E-state index < -0.39 is 0 Å². The van der Waals surface area contributed by atoms with Gasteiger partial charge in [-0.15, -0.1) is 0 Å². The lowest BCUT2D eigenvalue weighted by molar-refractivity contribution is 0.0536. The molecule has 0 aromatic heterocycles. The summed E-state index contributed by atoms with van der Waals surface area (Å²) in [6.07, 6.45) is 1.14. The Morgan fingerprint density at radius 3 is 2.62 bits per heavy atom. The van der Waals surface area contributed by atoms with E-state index in [1.807, 2.05) is 0 Å². The average Bonchev–Trinajstić information content (AvgIpc) is 3.12. The van der Waals surface area contributed by atoms with Crippen LogP contribution in [0.2, 0.25) is 0 Å². The van der Waals surface area contributed by atoms with Gasteiger partial charge < -0.3 is 24.4 Å². The minimum atomic E-state index is 0.559. The number of likely N-dealkylation sites (tertiary alicyclic amines) is 1. The van der Waals surface area contributed by atoms with Gasteiger partial charge in [-0.25, -0.2) is 4.99 Å². The molecule has 0 bridgehead atoms. The van der Waals surface area contributed by atoms with E-state index in [4.69, 9.17) is 19.2 Å². The highest BCUT2D eigenvalue weighted by Crippen LogP contribution is 2.17. The first-order valence-electron chi connectivity index (χ1n) is 9.43. The van der Waals surface area contributed by atoms with Crippen LogP contribution in [0, 0.1) is 5.92 Å². The Morgan fingerprint density at radius 2 is 1.92 bits per heavy atom. The van der Waals surface area contributed by atoms with Crippen molar-refractivity contribution in [2.24, 2.45) is 10.9 Å². The number of rotatable bonds is 10. The van der Waals surface area contributed by atoms with Gasteiger partial charge >= 0.3 is 0 Å². The number of aliphatic imine (C=N–C) groups is 1. The Labute approximate surface area is 157 Å². The summed E-state index contributed by atoms with van der Waals surface area (Å²) in [4.78, 5) is 7.17. The van der Waals surface area contributed by atoms with Crippen molar-refractivity contribution >= 4 is 5.96 Å². The lowest BCUT2D eigenvalue weighted by Crippen LogP contribution is -2.40. The van der Waals surface area contributed by atoms with Gasteiger partial charge in [-0.3, -0.25) is 0 Å². The van der Waals surface area contributed by atoms with Crippen LogP contribution < -0.4 is 5.32 Å². The fraction of sp³-hybridized carbons (Fsp3) is 0.650. The van der Waals surface area contributed by atoms with E-state index in [-0.39, 0.29) is 0 Å². The molecule has 1 aromatic carbocycles. The second-order valence-electron chi connectivity index (χ2n) is 6.59. The summed E-state index contributed by atoms with van der Waals surface area (Å²) in [6.45, 7) is 8.44. The van der Waals surface area contributed by atoms with Crippen molar-refractivity contribution in [1.82, 2.24) is 10.2 Å². The van der Waals surface area contributed by atoms with Gasteiger partial charge in [-0.1, -0.05) is 24.3 Å². The number of ether oxygens (including phenoxy) is 3. The van der Waals surface area contributed by atoms with E-state index in [9.17, 15) is 0 Å². The minimum absolute atomic E-state index is 0.559. The van der Waals surface area contributed by atoms with Crippen molar-refractivity contribution in [2.75, 3.05) is 53.7 Å². The van der Waals surface area contributed by atoms with Crippen LogP contribution in [0.25, 0.3) is 0 Å². The standard InChI is InChI=1S/C20H33N3O3/c1-4-21-20(22-13-17-5-7-18(8-6-17)15-25-3)23-10-9-19(14-23)16-26-12-11-24-2/h5-8,19H,4,9-16H2,1-3H3,(H,21,22). The summed E-state index contributed by atoms with van der Waals surface area (Å²) in [5, 5.41) is 3.42. The van der Waals surface area contributed by atoms with Gasteiger partial charge in [-0.05, 0) is 24.5 Å². The van der Waals surface area contributed by atoms with Crippen LogP contribution in [0.15, 0.2) is 29.3 Å². The van der Waals surface area contributed by atoms with E-state index in [1.165, 1.54) is 11.1 Å². The highest BCUT2D eigenvalue weighted by atomic mass is 16.5. The van der Waals surface area contributed by atoms with Crippen LogP contribution in [0.1, 0.15) is 24.5 Å². The van der Waals surface area contributed by atoms with Crippen molar-refractivity contribution in [2.45, 2.75) is 26.5 Å². The molecule has 0 saturated carbocycles. The molecule has 26 heavy (non-hydrogen) atoms. The summed E-state index contributed by atoms with van der Waals surface area (Å²) in [5.41, 5.74) is 2.39. The number of methoxy groups -OCH3 is 2. The van der Waals surface area contributed by atoms with Gasteiger partial charge in [-0.2, -0.15) is 0 Å². The third-order valence-corrected chi connectivity index (χ3v) is 4.45. The van der Waals surface area contributed by atoms with Gasteiger partial charge in [0, 0.05) is 39.8 Å². The predicted molar refractivity (Wildman–Crippen MR) is 104 cm³/mol. The predicted octanol–water partition coefficient (Wildman–Crippen LogP) is 2.28. The van der Waals surface area contributed by atoms with Crippen LogP contribution in [0.4, 0.5) is 0 Å². The van der Waals surface area contributed by atoms with Crippen molar-refractivity contribution < 1.29 is 14.2 Å². The fourth-order valence-corrected chi connectivity index (χ4v) is 3.05. The lowest BCUT2D eigenvalue weighted by atomic mass is 10.1. The molecule has 1 atom stereocenters. The Kier molecular flexibility index (Phi) is 9.45. The fourth-order valence-electron chi connectivity index (χ4n) is 3.05. The third kappa shape index (κ3) is 6.94. The molecule has 6 nitrogen and oxygen atoms in total. The maximum absolute atomic E-state index is 5.68. The van der Waals surface area contributed by atoms with Gasteiger partial charge in [0.2, 0.25) is 0 Å². The molecule has 0 radical (unpaired) electrons. The normalized spacial score (nSPS) is 17.7. The molecule has 1 aliphatic heterocycles. The molecule has 2 rings (SSSR count). The third-order valence-electron chi connectivity index (χ3n) is 4.45. The molecule has 1 aliphatic rings. The molecule has 1 fully saturated rings. The zero-order chi connectivity index (χ0) is 18.6. The molecule has 1 heterocycles. The summed E-state index contributed by atoms with van der Waals surface area (Å²) < 4.78 is 15.9. The second-order valence-corrected chi connectivity index (χ2v) is 6.59. The van der Waals surface area contributed by atoms with Gasteiger partial charge in [0.15, 0.2) is 5.96 Å². The summed E-state index contributed by atoms with van der Waals surface area (Å²) in [6, 6.07) is 8.45. The Morgan fingerprint density at radius 1 is 1.15 bits per heavy atom. The van der Waals surface area contributed by atoms with Crippen LogP contribution in [-0.4, -0.2) is 64.5 Å². The first-order valence-corrected chi connectivity index (χ1v) is 9.43. The number of nitrogens with one attached hydrogen (secondary N) is 1. The summed E-state index contributed by atoms with van der Waals surface area (Å²) in [7, 11) is 3.41. The van der Waals surface area contributed by atoms with Crippen molar-refractivity contribution in [3.05, 3.63) is 35.4 Å². The molecule has 0 aliphatic carbocycles. The van der Waals surface area contributed by atoms with Crippen molar-refractivity contribution in [3.8, 4) is 0 Å². The van der Waals surface area contributed by atoms with Crippen LogP contribution in [-0.2, 0) is 27.4 Å². The van der Waals surface area contributed by atoms with Gasteiger partial charge in [0.1, 0.15) is 0 Å². The van der Waals surface area contributed by atoms with Crippen molar-refractivity contribution in [3.63, 3.8) is 0 Å². The molecule has 146 valence electrons. The number of hydrogen-bond donors (Lipinski definition) is 1. The molecule has 0 amide bonds. The van der Waals surface area contributed by atoms with E-state index >= 15 is 0 Å². The van der Waals surface area contributed by atoms with Gasteiger partial charge in [0.05, 0.1) is 33.0 Å². The number of hydrogen-bond acceptors (Lipinski definition) is 4. The van der Waals surface area contributed by atoms with E-state index in [2.05, 4.69) is 41.4 Å². The van der Waals surface area contributed by atoms with E-state index in [1.54, 1.807) is 14.2 Å². The Hall–Kier alpha value is -1.63. The largest absolute Gasteiger partial charge is 0.382 e. The molecule has 1 N–H and O–H groups in total. The Balaban J connectivity index is 1.86. The highest BCUT2D eigenvalue weighted by Gasteiger charge is 2.24. The topological polar surface area (TPSA) is 55.3 Å².